The highest BCUT2D eigenvalue weighted by Crippen LogP contribution is 2.15. The van der Waals surface area contributed by atoms with Gasteiger partial charge in [0.05, 0.1) is 13.2 Å². The van der Waals surface area contributed by atoms with Gasteiger partial charge in [-0.25, -0.2) is 0 Å². The highest BCUT2D eigenvalue weighted by molar-refractivity contribution is 6.01. The van der Waals surface area contributed by atoms with Crippen molar-refractivity contribution in [3.63, 3.8) is 0 Å². The number of nitrogens with zero attached hydrogens (tertiary/aromatic N) is 2. The number of carbonyl (C=O) groups excluding carboxylic acids is 1. The van der Waals surface area contributed by atoms with Crippen LogP contribution in [0.2, 0.25) is 0 Å². The molecule has 1 aromatic rings. The second-order valence-corrected chi connectivity index (χ2v) is 4.17. The van der Waals surface area contributed by atoms with E-state index in [1.165, 1.54) is 18.2 Å². The number of ether oxygens (including phenoxy) is 1. The molecule has 0 aromatic heterocycles. The van der Waals surface area contributed by atoms with Gasteiger partial charge in [-0.1, -0.05) is 12.1 Å². The lowest BCUT2D eigenvalue weighted by atomic mass is 10.1. The van der Waals surface area contributed by atoms with Crippen LogP contribution in [0.5, 0.6) is 5.75 Å². The molecule has 5 heteroatoms. The average molecular weight is 258 g/mol. The molecule has 98 valence electrons. The molecule has 0 bridgehead atoms. The van der Waals surface area contributed by atoms with E-state index in [0.29, 0.717) is 31.9 Å². The fraction of sp³-hybridized carbons (Fsp3) is 0.286. The van der Waals surface area contributed by atoms with Crippen molar-refractivity contribution in [2.24, 2.45) is 0 Å². The fourth-order valence-corrected chi connectivity index (χ4v) is 1.86. The Morgan fingerprint density at radius 1 is 1.42 bits per heavy atom. The summed E-state index contributed by atoms with van der Waals surface area (Å²) < 4.78 is 5.17. The molecule has 19 heavy (non-hydrogen) atoms. The average Bonchev–Trinajstić information content (AvgIpc) is 2.45. The van der Waals surface area contributed by atoms with Crippen molar-refractivity contribution >= 4 is 12.0 Å². The van der Waals surface area contributed by atoms with Crippen LogP contribution < -0.4 is 0 Å². The molecule has 1 amide bonds. The number of rotatable bonds is 2. The third kappa shape index (κ3) is 3.33. The summed E-state index contributed by atoms with van der Waals surface area (Å²) in [6, 6.07) is 8.34. The number of hydrogen-bond donors (Lipinski definition) is 1. The molecule has 1 N–H and O–H groups in total. The smallest absolute Gasteiger partial charge is 0.264 e. The van der Waals surface area contributed by atoms with Crippen molar-refractivity contribution in [3.8, 4) is 11.8 Å². The summed E-state index contributed by atoms with van der Waals surface area (Å²) in [5.41, 5.74) is 0.686. The second-order valence-electron chi connectivity index (χ2n) is 4.17. The largest absolute Gasteiger partial charge is 0.508 e. The number of nitriles is 1. The lowest BCUT2D eigenvalue weighted by molar-refractivity contribution is -0.130. The zero-order chi connectivity index (χ0) is 13.7. The summed E-state index contributed by atoms with van der Waals surface area (Å²) >= 11 is 0. The van der Waals surface area contributed by atoms with Gasteiger partial charge in [-0.05, 0) is 23.8 Å². The van der Waals surface area contributed by atoms with E-state index in [0.717, 1.165) is 0 Å². The number of benzene rings is 1. The number of phenols is 1. The van der Waals surface area contributed by atoms with Crippen molar-refractivity contribution in [2.45, 2.75) is 0 Å². The van der Waals surface area contributed by atoms with Gasteiger partial charge in [-0.2, -0.15) is 5.26 Å². The number of carbonyl (C=O) groups is 1. The van der Waals surface area contributed by atoms with Crippen molar-refractivity contribution in [3.05, 3.63) is 35.4 Å². The third-order valence-electron chi connectivity index (χ3n) is 2.83. The van der Waals surface area contributed by atoms with Crippen molar-refractivity contribution in [1.29, 1.82) is 5.26 Å². The first-order chi connectivity index (χ1) is 9.20. The molecule has 1 aliphatic heterocycles. The van der Waals surface area contributed by atoms with Gasteiger partial charge in [0.25, 0.3) is 5.91 Å². The molecule has 2 rings (SSSR count). The molecule has 5 nitrogen and oxygen atoms in total. The lowest BCUT2D eigenvalue weighted by Gasteiger charge is -2.26. The van der Waals surface area contributed by atoms with E-state index in [1.807, 2.05) is 6.07 Å². The highest BCUT2D eigenvalue weighted by Gasteiger charge is 2.20. The van der Waals surface area contributed by atoms with Crippen molar-refractivity contribution in [2.75, 3.05) is 26.3 Å². The number of phenolic OH excluding ortho intramolecular Hbond substituents is 1. The zero-order valence-corrected chi connectivity index (χ0v) is 10.4. The van der Waals surface area contributed by atoms with Crippen LogP contribution in [0.4, 0.5) is 0 Å². The predicted molar refractivity (Wildman–Crippen MR) is 69.1 cm³/mol. The Bertz CT molecular complexity index is 540. The first kappa shape index (κ1) is 13.1. The van der Waals surface area contributed by atoms with Gasteiger partial charge in [-0.15, -0.1) is 0 Å². The number of aromatic hydroxyl groups is 1. The minimum Gasteiger partial charge on any atom is -0.508 e. The van der Waals surface area contributed by atoms with E-state index in [9.17, 15) is 9.90 Å². The molecule has 1 fully saturated rings. The molecule has 1 aliphatic rings. The number of amides is 1. The molecule has 0 radical (unpaired) electrons. The topological polar surface area (TPSA) is 73.6 Å². The van der Waals surface area contributed by atoms with Gasteiger partial charge in [0.15, 0.2) is 0 Å². The minimum absolute atomic E-state index is 0.0625. The maximum atomic E-state index is 12.1. The molecule has 0 saturated carbocycles. The molecule has 0 spiro atoms. The first-order valence-corrected chi connectivity index (χ1v) is 5.98. The molecule has 1 aromatic carbocycles. The van der Waals surface area contributed by atoms with Gasteiger partial charge in [-0.3, -0.25) is 4.79 Å². The third-order valence-corrected chi connectivity index (χ3v) is 2.83. The molecule has 1 saturated heterocycles. The van der Waals surface area contributed by atoms with E-state index in [-0.39, 0.29) is 17.2 Å². The van der Waals surface area contributed by atoms with Crippen LogP contribution in [0.1, 0.15) is 5.56 Å². The zero-order valence-electron chi connectivity index (χ0n) is 10.4. The summed E-state index contributed by atoms with van der Waals surface area (Å²) in [5.74, 6) is -0.195. The van der Waals surface area contributed by atoms with Crippen LogP contribution in [0.15, 0.2) is 29.8 Å². The number of morpholine rings is 1. The van der Waals surface area contributed by atoms with E-state index in [2.05, 4.69) is 0 Å². The van der Waals surface area contributed by atoms with Gasteiger partial charge in [0.1, 0.15) is 17.4 Å². The molecule has 0 unspecified atom stereocenters. The molecular formula is C14H14N2O3. The SMILES string of the molecule is N#C/C(=C\c1cccc(O)c1)C(=O)N1CCOCC1. The summed E-state index contributed by atoms with van der Waals surface area (Å²) in [6.45, 7) is 1.99. The summed E-state index contributed by atoms with van der Waals surface area (Å²) in [5, 5.41) is 18.5. The molecule has 0 atom stereocenters. The van der Waals surface area contributed by atoms with Crippen LogP contribution >= 0.6 is 0 Å². The molecule has 1 heterocycles. The minimum atomic E-state index is -0.297. The van der Waals surface area contributed by atoms with E-state index >= 15 is 0 Å². The Morgan fingerprint density at radius 3 is 2.79 bits per heavy atom. The van der Waals surface area contributed by atoms with Crippen molar-refractivity contribution < 1.29 is 14.6 Å². The standard InChI is InChI=1S/C14H14N2O3/c15-10-12(8-11-2-1-3-13(17)9-11)14(18)16-4-6-19-7-5-16/h1-3,8-9,17H,4-7H2/b12-8+. The van der Waals surface area contributed by atoms with Gasteiger partial charge >= 0.3 is 0 Å². The lowest BCUT2D eigenvalue weighted by Crippen LogP contribution is -2.41. The van der Waals surface area contributed by atoms with Gasteiger partial charge in [0.2, 0.25) is 0 Å². The maximum Gasteiger partial charge on any atom is 0.264 e. The van der Waals surface area contributed by atoms with E-state index < -0.39 is 0 Å². The molecule has 0 aliphatic carbocycles. The Balaban J connectivity index is 2.19. The van der Waals surface area contributed by atoms with Crippen LogP contribution in [-0.4, -0.2) is 42.2 Å². The summed E-state index contributed by atoms with van der Waals surface area (Å²) in [4.78, 5) is 13.7. The summed E-state index contributed by atoms with van der Waals surface area (Å²) in [6.07, 6.45) is 1.48. The quantitative estimate of drug-likeness (QED) is 0.638. The Labute approximate surface area is 111 Å². The Kier molecular flexibility index (Phi) is 4.16. The van der Waals surface area contributed by atoms with Crippen LogP contribution in [-0.2, 0) is 9.53 Å². The predicted octanol–water partition coefficient (Wildman–Crippen LogP) is 1.16. The van der Waals surface area contributed by atoms with Gasteiger partial charge < -0.3 is 14.7 Å². The number of hydrogen-bond acceptors (Lipinski definition) is 4. The normalized spacial score (nSPS) is 15.9. The van der Waals surface area contributed by atoms with Gasteiger partial charge in [0, 0.05) is 13.1 Å². The Morgan fingerprint density at radius 2 is 2.16 bits per heavy atom. The van der Waals surface area contributed by atoms with Crippen LogP contribution in [0.3, 0.4) is 0 Å². The maximum absolute atomic E-state index is 12.1. The van der Waals surface area contributed by atoms with Crippen molar-refractivity contribution in [1.82, 2.24) is 4.90 Å². The Hall–Kier alpha value is -2.32. The molecular weight excluding hydrogens is 244 g/mol. The highest BCUT2D eigenvalue weighted by atomic mass is 16.5. The van der Waals surface area contributed by atoms with Crippen LogP contribution in [0, 0.1) is 11.3 Å². The second kappa shape index (κ2) is 6.03. The van der Waals surface area contributed by atoms with E-state index in [4.69, 9.17) is 10.00 Å². The first-order valence-electron chi connectivity index (χ1n) is 5.98. The van der Waals surface area contributed by atoms with E-state index in [1.54, 1.807) is 17.0 Å². The van der Waals surface area contributed by atoms with Crippen LogP contribution in [0.25, 0.3) is 6.08 Å². The monoisotopic (exact) mass is 258 g/mol. The summed E-state index contributed by atoms with van der Waals surface area (Å²) in [7, 11) is 0. The fourth-order valence-electron chi connectivity index (χ4n) is 1.86.